The molecule has 0 bridgehead atoms. The van der Waals surface area contributed by atoms with Gasteiger partial charge in [-0.3, -0.25) is 4.79 Å². The van der Waals surface area contributed by atoms with Crippen LogP contribution in [0.25, 0.3) is 0 Å². The number of hydrogen-bond acceptors (Lipinski definition) is 2. The second-order valence-electron chi connectivity index (χ2n) is 5.05. The van der Waals surface area contributed by atoms with Crippen molar-refractivity contribution in [2.45, 2.75) is 45.1 Å². The van der Waals surface area contributed by atoms with Crippen molar-refractivity contribution >= 4 is 12.1 Å². The zero-order valence-electron chi connectivity index (χ0n) is 11.0. The first kappa shape index (κ1) is 13.8. The van der Waals surface area contributed by atoms with Crippen molar-refractivity contribution in [3.8, 4) is 5.75 Å². The summed E-state index contributed by atoms with van der Waals surface area (Å²) in [5, 5.41) is 2.70. The van der Waals surface area contributed by atoms with Crippen LogP contribution in [-0.2, 0) is 4.79 Å². The summed E-state index contributed by atoms with van der Waals surface area (Å²) >= 11 is 0. The third kappa shape index (κ3) is 3.22. The largest absolute Gasteiger partial charge is 0.435 e. The number of halogens is 2. The van der Waals surface area contributed by atoms with Gasteiger partial charge >= 0.3 is 6.61 Å². The molecule has 0 radical (unpaired) electrons. The second kappa shape index (κ2) is 5.55. The van der Waals surface area contributed by atoms with Crippen LogP contribution in [0.15, 0.2) is 12.1 Å². The molecule has 1 aliphatic carbocycles. The summed E-state index contributed by atoms with van der Waals surface area (Å²) in [5.74, 6) is 0.611. The van der Waals surface area contributed by atoms with Crippen molar-refractivity contribution < 1.29 is 18.3 Å². The summed E-state index contributed by atoms with van der Waals surface area (Å²) in [7, 11) is 0. The Balaban J connectivity index is 2.47. The lowest BCUT2D eigenvalue weighted by Gasteiger charge is -2.18. The molecular formula is C14H17F2NO2. The van der Waals surface area contributed by atoms with E-state index in [1.54, 1.807) is 12.1 Å². The number of anilines is 1. The molecule has 5 heteroatoms. The van der Waals surface area contributed by atoms with Gasteiger partial charge < -0.3 is 10.1 Å². The molecule has 19 heavy (non-hydrogen) atoms. The fourth-order valence-electron chi connectivity index (χ4n) is 2.23. The number of ether oxygens (including phenoxy) is 1. The van der Waals surface area contributed by atoms with E-state index < -0.39 is 6.61 Å². The van der Waals surface area contributed by atoms with E-state index in [-0.39, 0.29) is 11.7 Å². The molecule has 1 N–H and O–H groups in total. The number of benzene rings is 1. The quantitative estimate of drug-likeness (QED) is 0.796. The number of rotatable bonds is 6. The van der Waals surface area contributed by atoms with Gasteiger partial charge in [0.15, 0.2) is 0 Å². The van der Waals surface area contributed by atoms with Crippen LogP contribution in [0.3, 0.4) is 0 Å². The normalized spacial score (nSPS) is 14.8. The topological polar surface area (TPSA) is 38.3 Å². The van der Waals surface area contributed by atoms with Crippen molar-refractivity contribution in [2.24, 2.45) is 0 Å². The Morgan fingerprint density at radius 3 is 2.53 bits per heavy atom. The van der Waals surface area contributed by atoms with Gasteiger partial charge in [-0.15, -0.1) is 0 Å². The molecule has 0 aliphatic heterocycles. The zero-order chi connectivity index (χ0) is 14.0. The Labute approximate surface area is 111 Å². The molecule has 0 atom stereocenters. The van der Waals surface area contributed by atoms with Crippen LogP contribution in [0.1, 0.15) is 49.7 Å². The van der Waals surface area contributed by atoms with Crippen LogP contribution in [0.5, 0.6) is 5.75 Å². The van der Waals surface area contributed by atoms with Gasteiger partial charge in [0.1, 0.15) is 5.75 Å². The second-order valence-corrected chi connectivity index (χ2v) is 5.05. The van der Waals surface area contributed by atoms with Crippen molar-refractivity contribution in [1.82, 2.24) is 0 Å². The predicted octanol–water partition coefficient (Wildman–Crippen LogP) is 3.86. The molecule has 3 nitrogen and oxygen atoms in total. The summed E-state index contributed by atoms with van der Waals surface area (Å²) in [6.07, 6.45) is 2.66. The molecule has 1 aromatic carbocycles. The van der Waals surface area contributed by atoms with Crippen molar-refractivity contribution in [3.63, 3.8) is 0 Å². The fourth-order valence-corrected chi connectivity index (χ4v) is 2.23. The van der Waals surface area contributed by atoms with Gasteiger partial charge in [0.05, 0.1) is 0 Å². The van der Waals surface area contributed by atoms with E-state index in [1.807, 2.05) is 13.8 Å². The minimum absolute atomic E-state index is 0.112. The molecule has 104 valence electrons. The smallest absolute Gasteiger partial charge is 0.387 e. The Bertz CT molecular complexity index is 448. The van der Waals surface area contributed by atoms with E-state index in [0.29, 0.717) is 12.3 Å². The van der Waals surface area contributed by atoms with Crippen molar-refractivity contribution in [2.75, 3.05) is 5.32 Å². The number of alkyl halides is 2. The van der Waals surface area contributed by atoms with E-state index in [1.165, 1.54) is 0 Å². The first-order chi connectivity index (χ1) is 9.02. The highest BCUT2D eigenvalue weighted by Gasteiger charge is 2.29. The summed E-state index contributed by atoms with van der Waals surface area (Å²) in [6, 6.07) is 3.19. The number of carbonyl (C=O) groups is 1. The molecule has 0 heterocycles. The summed E-state index contributed by atoms with van der Waals surface area (Å²) in [4.78, 5) is 10.7. The van der Waals surface area contributed by atoms with E-state index >= 15 is 0 Å². The molecule has 1 aliphatic rings. The lowest BCUT2D eigenvalue weighted by molar-refractivity contribution is -0.105. The summed E-state index contributed by atoms with van der Waals surface area (Å²) in [5.41, 5.74) is 2.47. The van der Waals surface area contributed by atoms with Gasteiger partial charge in [-0.1, -0.05) is 13.8 Å². The Morgan fingerprint density at radius 1 is 1.37 bits per heavy atom. The lowest BCUT2D eigenvalue weighted by atomic mass is 9.95. The van der Waals surface area contributed by atoms with Crippen molar-refractivity contribution in [3.05, 3.63) is 23.3 Å². The van der Waals surface area contributed by atoms with E-state index in [9.17, 15) is 13.6 Å². The Hall–Kier alpha value is -1.65. The van der Waals surface area contributed by atoms with Gasteiger partial charge in [-0.25, -0.2) is 0 Å². The highest BCUT2D eigenvalue weighted by atomic mass is 19.3. The minimum Gasteiger partial charge on any atom is -0.435 e. The maximum atomic E-state index is 12.4. The third-order valence-electron chi connectivity index (χ3n) is 3.24. The monoisotopic (exact) mass is 269 g/mol. The molecule has 1 fully saturated rings. The average molecular weight is 269 g/mol. The van der Waals surface area contributed by atoms with Crippen molar-refractivity contribution in [1.29, 1.82) is 0 Å². The van der Waals surface area contributed by atoms with Crippen LogP contribution in [-0.4, -0.2) is 13.0 Å². The first-order valence-electron chi connectivity index (χ1n) is 6.35. The molecule has 0 saturated heterocycles. The zero-order valence-corrected chi connectivity index (χ0v) is 11.0. The Morgan fingerprint density at radius 2 is 2.05 bits per heavy atom. The lowest BCUT2D eigenvalue weighted by Crippen LogP contribution is -2.08. The predicted molar refractivity (Wildman–Crippen MR) is 68.8 cm³/mol. The SMILES string of the molecule is CC(C)c1cc(OC(F)F)cc(C2CC2)c1NC=O. The standard InChI is InChI=1S/C14H17F2NO2/c1-8(2)11-5-10(19-14(15)16)6-12(9-3-4-9)13(11)17-7-18/h5-9,14H,3-4H2,1-2H3,(H,17,18). The minimum atomic E-state index is -2.84. The Kier molecular flexibility index (Phi) is 4.02. The van der Waals surface area contributed by atoms with Gasteiger partial charge in [0.2, 0.25) is 6.41 Å². The summed E-state index contributed by atoms with van der Waals surface area (Å²) in [6.45, 7) is 1.07. The van der Waals surface area contributed by atoms with Gasteiger partial charge in [0, 0.05) is 5.69 Å². The van der Waals surface area contributed by atoms with E-state index in [0.717, 1.165) is 29.7 Å². The molecule has 0 spiro atoms. The van der Waals surface area contributed by atoms with Gasteiger partial charge in [0.25, 0.3) is 0 Å². The highest BCUT2D eigenvalue weighted by Crippen LogP contribution is 2.47. The number of amides is 1. The van der Waals surface area contributed by atoms with Gasteiger partial charge in [-0.2, -0.15) is 8.78 Å². The number of nitrogens with one attached hydrogen (secondary N) is 1. The summed E-state index contributed by atoms with van der Waals surface area (Å²) < 4.78 is 29.2. The number of hydrogen-bond donors (Lipinski definition) is 1. The fraction of sp³-hybridized carbons (Fsp3) is 0.500. The molecule has 0 aromatic heterocycles. The van der Waals surface area contributed by atoms with Crippen LogP contribution < -0.4 is 10.1 Å². The van der Waals surface area contributed by atoms with Gasteiger partial charge in [-0.05, 0) is 47.9 Å². The molecular weight excluding hydrogens is 252 g/mol. The average Bonchev–Trinajstić information content (AvgIpc) is 3.13. The molecule has 1 saturated carbocycles. The maximum absolute atomic E-state index is 12.4. The van der Waals surface area contributed by atoms with E-state index in [4.69, 9.17) is 0 Å². The first-order valence-corrected chi connectivity index (χ1v) is 6.35. The molecule has 0 unspecified atom stereocenters. The van der Waals surface area contributed by atoms with Crippen LogP contribution >= 0.6 is 0 Å². The van der Waals surface area contributed by atoms with Crippen LogP contribution in [0.4, 0.5) is 14.5 Å². The van der Waals surface area contributed by atoms with E-state index in [2.05, 4.69) is 10.1 Å². The maximum Gasteiger partial charge on any atom is 0.387 e. The van der Waals surface area contributed by atoms with Crippen LogP contribution in [0.2, 0.25) is 0 Å². The molecule has 1 aromatic rings. The molecule has 2 rings (SSSR count). The molecule has 1 amide bonds. The highest BCUT2D eigenvalue weighted by molar-refractivity contribution is 5.78. The third-order valence-corrected chi connectivity index (χ3v) is 3.24. The van der Waals surface area contributed by atoms with Crippen LogP contribution in [0, 0.1) is 0 Å². The number of carbonyl (C=O) groups excluding carboxylic acids is 1.